The molecule has 0 saturated carbocycles. The van der Waals surface area contributed by atoms with Gasteiger partial charge in [0.25, 0.3) is 11.7 Å². The number of Topliss-reactive ketones (excluding diaryl/α,β-unsaturated/α-hetero) is 1. The highest BCUT2D eigenvalue weighted by Crippen LogP contribution is 2.40. The maximum atomic E-state index is 13.0. The molecule has 0 spiro atoms. The van der Waals surface area contributed by atoms with Gasteiger partial charge >= 0.3 is 0 Å². The molecule has 2 aromatic carbocycles. The number of carbonyl (C=O) groups is 2. The van der Waals surface area contributed by atoms with Gasteiger partial charge in [0, 0.05) is 28.1 Å². The first-order chi connectivity index (χ1) is 14.4. The van der Waals surface area contributed by atoms with E-state index in [1.54, 1.807) is 29.2 Å². The van der Waals surface area contributed by atoms with Crippen molar-refractivity contribution in [2.75, 3.05) is 26.2 Å². The topological polar surface area (TPSA) is 60.9 Å². The average molecular weight is 492 g/mol. The van der Waals surface area contributed by atoms with E-state index < -0.39 is 17.7 Å². The largest absolute Gasteiger partial charge is 0.507 e. The second-order valence-electron chi connectivity index (χ2n) is 7.08. The number of rotatable bonds is 7. The number of amides is 1. The summed E-state index contributed by atoms with van der Waals surface area (Å²) in [5.41, 5.74) is 1.31. The first-order valence-corrected chi connectivity index (χ1v) is 11.1. The van der Waals surface area contributed by atoms with Crippen LogP contribution in [0.3, 0.4) is 0 Å². The number of halogens is 2. The van der Waals surface area contributed by atoms with Gasteiger partial charge in [0.05, 0.1) is 11.6 Å². The van der Waals surface area contributed by atoms with Crippen molar-refractivity contribution in [2.45, 2.75) is 19.9 Å². The zero-order valence-electron chi connectivity index (χ0n) is 16.9. The average Bonchev–Trinajstić information content (AvgIpc) is 2.99. The number of benzene rings is 2. The van der Waals surface area contributed by atoms with Crippen LogP contribution >= 0.6 is 27.5 Å². The molecule has 1 amide bonds. The normalized spacial score (nSPS) is 18.4. The van der Waals surface area contributed by atoms with E-state index in [0.717, 1.165) is 23.1 Å². The SMILES string of the molecule is CCN(CC)CCN1C(=O)C(=O)/C(=C(/O)c2ccc(Cl)cc2)[C@H]1c1cccc(Br)c1. The van der Waals surface area contributed by atoms with E-state index >= 15 is 0 Å². The fraction of sp³-hybridized carbons (Fsp3) is 0.304. The van der Waals surface area contributed by atoms with Crippen molar-refractivity contribution in [2.24, 2.45) is 0 Å². The number of hydrogen-bond donors (Lipinski definition) is 1. The fourth-order valence-corrected chi connectivity index (χ4v) is 4.23. The summed E-state index contributed by atoms with van der Waals surface area (Å²) in [7, 11) is 0. The van der Waals surface area contributed by atoms with Crippen LogP contribution in [0.5, 0.6) is 0 Å². The molecule has 0 aliphatic carbocycles. The zero-order valence-corrected chi connectivity index (χ0v) is 19.3. The second kappa shape index (κ2) is 9.77. The predicted octanol–water partition coefficient (Wildman–Crippen LogP) is 4.87. The van der Waals surface area contributed by atoms with Crippen molar-refractivity contribution in [3.05, 3.63) is 74.7 Å². The third-order valence-corrected chi connectivity index (χ3v) is 6.12. The predicted molar refractivity (Wildman–Crippen MR) is 122 cm³/mol. The van der Waals surface area contributed by atoms with Crippen molar-refractivity contribution in [3.8, 4) is 0 Å². The first-order valence-electron chi connectivity index (χ1n) is 9.89. The molecule has 5 nitrogen and oxygen atoms in total. The molecule has 1 N–H and O–H groups in total. The second-order valence-corrected chi connectivity index (χ2v) is 8.43. The summed E-state index contributed by atoms with van der Waals surface area (Å²) in [6.45, 7) is 6.86. The lowest BCUT2D eigenvalue weighted by Crippen LogP contribution is -2.38. The maximum absolute atomic E-state index is 13.0. The Bertz CT molecular complexity index is 971. The van der Waals surface area contributed by atoms with Gasteiger partial charge in [-0.3, -0.25) is 9.59 Å². The molecule has 7 heteroatoms. The molecule has 1 saturated heterocycles. The minimum absolute atomic E-state index is 0.0972. The molecule has 1 atom stereocenters. The molecule has 1 fully saturated rings. The molecular weight excluding hydrogens is 468 g/mol. The van der Waals surface area contributed by atoms with Gasteiger partial charge in [-0.05, 0) is 55.1 Å². The molecule has 0 radical (unpaired) electrons. The van der Waals surface area contributed by atoms with Gasteiger partial charge in [-0.2, -0.15) is 0 Å². The van der Waals surface area contributed by atoms with E-state index in [1.807, 2.05) is 24.3 Å². The lowest BCUT2D eigenvalue weighted by Gasteiger charge is -2.28. The minimum Gasteiger partial charge on any atom is -0.507 e. The standard InChI is InChI=1S/C23H24BrClN2O3/c1-3-26(4-2)12-13-27-20(16-6-5-7-17(24)14-16)19(22(29)23(27)30)21(28)15-8-10-18(25)11-9-15/h5-11,14,20,28H,3-4,12-13H2,1-2H3/b21-19+/t20-/m1/s1. The van der Waals surface area contributed by atoms with Crippen LogP contribution in [0.25, 0.3) is 5.76 Å². The summed E-state index contributed by atoms with van der Waals surface area (Å²) in [6.07, 6.45) is 0. The zero-order chi connectivity index (χ0) is 21.8. The Balaban J connectivity index is 2.09. The number of aliphatic hydroxyl groups is 1. The molecular formula is C23H24BrClN2O3. The van der Waals surface area contributed by atoms with E-state index in [-0.39, 0.29) is 11.3 Å². The number of aliphatic hydroxyl groups excluding tert-OH is 1. The van der Waals surface area contributed by atoms with E-state index in [4.69, 9.17) is 11.6 Å². The van der Waals surface area contributed by atoms with Crippen molar-refractivity contribution < 1.29 is 14.7 Å². The van der Waals surface area contributed by atoms with Crippen LogP contribution in [0, 0.1) is 0 Å². The fourth-order valence-electron chi connectivity index (χ4n) is 3.69. The van der Waals surface area contributed by atoms with Gasteiger partial charge in [-0.25, -0.2) is 0 Å². The van der Waals surface area contributed by atoms with Gasteiger partial charge < -0.3 is 14.9 Å². The summed E-state index contributed by atoms with van der Waals surface area (Å²) in [4.78, 5) is 29.7. The van der Waals surface area contributed by atoms with E-state index in [2.05, 4.69) is 34.7 Å². The molecule has 0 bridgehead atoms. The number of carbonyl (C=O) groups excluding carboxylic acids is 2. The Morgan fingerprint density at radius 2 is 1.80 bits per heavy atom. The number of likely N-dealkylation sites (tertiary alicyclic amines) is 1. The lowest BCUT2D eigenvalue weighted by molar-refractivity contribution is -0.140. The van der Waals surface area contributed by atoms with Gasteiger partial charge in [0.1, 0.15) is 5.76 Å². The van der Waals surface area contributed by atoms with Gasteiger partial charge in [0.15, 0.2) is 0 Å². The molecule has 0 unspecified atom stereocenters. The van der Waals surface area contributed by atoms with Crippen LogP contribution in [-0.2, 0) is 9.59 Å². The maximum Gasteiger partial charge on any atom is 0.295 e. The van der Waals surface area contributed by atoms with Crippen LogP contribution in [0.1, 0.15) is 31.0 Å². The van der Waals surface area contributed by atoms with E-state index in [1.165, 1.54) is 0 Å². The number of ketones is 1. The quantitative estimate of drug-likeness (QED) is 0.341. The van der Waals surface area contributed by atoms with E-state index in [9.17, 15) is 14.7 Å². The Morgan fingerprint density at radius 3 is 2.40 bits per heavy atom. The molecule has 1 aliphatic rings. The summed E-state index contributed by atoms with van der Waals surface area (Å²) >= 11 is 9.42. The Kier molecular flexibility index (Phi) is 7.34. The molecule has 1 aliphatic heterocycles. The van der Waals surface area contributed by atoms with Gasteiger partial charge in [0.2, 0.25) is 0 Å². The smallest absolute Gasteiger partial charge is 0.295 e. The lowest BCUT2D eigenvalue weighted by atomic mass is 9.95. The molecule has 0 aromatic heterocycles. The van der Waals surface area contributed by atoms with Crippen LogP contribution in [0.15, 0.2) is 58.6 Å². The van der Waals surface area contributed by atoms with E-state index in [0.29, 0.717) is 23.7 Å². The summed E-state index contributed by atoms with van der Waals surface area (Å²) < 4.78 is 0.834. The highest BCUT2D eigenvalue weighted by Gasteiger charge is 2.46. The van der Waals surface area contributed by atoms with Crippen molar-refractivity contribution in [1.29, 1.82) is 0 Å². The van der Waals surface area contributed by atoms with Crippen LogP contribution < -0.4 is 0 Å². The van der Waals surface area contributed by atoms with Crippen LogP contribution in [0.4, 0.5) is 0 Å². The summed E-state index contributed by atoms with van der Waals surface area (Å²) in [6, 6.07) is 13.4. The number of hydrogen-bond acceptors (Lipinski definition) is 4. The Labute approximate surface area is 190 Å². The molecule has 3 rings (SSSR count). The Hall–Kier alpha value is -2.15. The first kappa shape index (κ1) is 22.5. The molecule has 30 heavy (non-hydrogen) atoms. The monoisotopic (exact) mass is 490 g/mol. The molecule has 158 valence electrons. The van der Waals surface area contributed by atoms with Crippen molar-refractivity contribution in [1.82, 2.24) is 9.80 Å². The highest BCUT2D eigenvalue weighted by molar-refractivity contribution is 9.10. The van der Waals surface area contributed by atoms with Gasteiger partial charge in [-0.15, -0.1) is 0 Å². The summed E-state index contributed by atoms with van der Waals surface area (Å²) in [5.74, 6) is -1.46. The third-order valence-electron chi connectivity index (χ3n) is 5.37. The highest BCUT2D eigenvalue weighted by atomic mass is 79.9. The number of likely N-dealkylation sites (N-methyl/N-ethyl adjacent to an activating group) is 1. The molecule has 1 heterocycles. The number of nitrogens with zero attached hydrogens (tertiary/aromatic N) is 2. The van der Waals surface area contributed by atoms with Crippen molar-refractivity contribution in [3.63, 3.8) is 0 Å². The van der Waals surface area contributed by atoms with Gasteiger partial charge in [-0.1, -0.05) is 53.5 Å². The van der Waals surface area contributed by atoms with Crippen LogP contribution in [-0.4, -0.2) is 52.8 Å². The Morgan fingerprint density at radius 1 is 1.13 bits per heavy atom. The summed E-state index contributed by atoms with van der Waals surface area (Å²) in [5, 5.41) is 11.5. The molecule has 2 aromatic rings. The van der Waals surface area contributed by atoms with Crippen molar-refractivity contribution >= 4 is 45.0 Å². The minimum atomic E-state index is -0.674. The third kappa shape index (κ3) is 4.61. The van der Waals surface area contributed by atoms with Crippen LogP contribution in [0.2, 0.25) is 5.02 Å².